The van der Waals surface area contributed by atoms with Gasteiger partial charge in [-0.2, -0.15) is 0 Å². The number of ether oxygens (including phenoxy) is 2. The Morgan fingerprint density at radius 3 is 2.17 bits per heavy atom. The third kappa shape index (κ3) is 5.30. The van der Waals surface area contributed by atoms with Crippen LogP contribution in [0.2, 0.25) is 0 Å². The molecule has 7 heteroatoms. The van der Waals surface area contributed by atoms with Crippen LogP contribution in [0.1, 0.15) is 15.9 Å². The summed E-state index contributed by atoms with van der Waals surface area (Å²) in [6.07, 6.45) is -4.74. The van der Waals surface area contributed by atoms with E-state index in [4.69, 9.17) is 4.74 Å². The fraction of sp³-hybridized carbons (Fsp3) is 0.188. The molecule has 1 amide bonds. The quantitative estimate of drug-likeness (QED) is 0.904. The molecule has 0 heterocycles. The Bertz CT molecular complexity index is 652. The van der Waals surface area contributed by atoms with Crippen molar-refractivity contribution in [2.24, 2.45) is 0 Å². The molecule has 0 aliphatic rings. The van der Waals surface area contributed by atoms with Gasteiger partial charge in [0.15, 0.2) is 0 Å². The molecule has 0 atom stereocenters. The first-order chi connectivity index (χ1) is 10.9. The van der Waals surface area contributed by atoms with Crippen molar-refractivity contribution in [3.8, 4) is 5.75 Å². The molecular formula is C16H14F3NO3. The third-order valence-corrected chi connectivity index (χ3v) is 2.87. The maximum absolute atomic E-state index is 12.1. The average Bonchev–Trinajstić information content (AvgIpc) is 2.49. The van der Waals surface area contributed by atoms with E-state index in [1.54, 1.807) is 31.4 Å². The first-order valence-corrected chi connectivity index (χ1v) is 6.62. The summed E-state index contributed by atoms with van der Waals surface area (Å²) in [5, 5.41) is 2.59. The minimum atomic E-state index is -4.74. The van der Waals surface area contributed by atoms with Crippen molar-refractivity contribution in [3.63, 3.8) is 0 Å². The molecule has 2 aromatic carbocycles. The van der Waals surface area contributed by atoms with Crippen molar-refractivity contribution in [1.82, 2.24) is 0 Å². The fourth-order valence-corrected chi connectivity index (χ4v) is 1.86. The van der Waals surface area contributed by atoms with Crippen molar-refractivity contribution >= 4 is 11.6 Å². The summed E-state index contributed by atoms with van der Waals surface area (Å²) in [5.74, 6) is -0.710. The maximum Gasteiger partial charge on any atom is 0.573 e. The predicted molar refractivity (Wildman–Crippen MR) is 78.2 cm³/mol. The predicted octanol–water partition coefficient (Wildman–Crippen LogP) is 3.98. The molecule has 0 unspecified atom stereocenters. The van der Waals surface area contributed by atoms with E-state index in [1.165, 1.54) is 12.1 Å². The Morgan fingerprint density at radius 2 is 1.65 bits per heavy atom. The Labute approximate surface area is 130 Å². The summed E-state index contributed by atoms with van der Waals surface area (Å²) in [6.45, 7) is 0.447. The zero-order chi connectivity index (χ0) is 16.9. The van der Waals surface area contributed by atoms with Crippen molar-refractivity contribution in [2.45, 2.75) is 13.0 Å². The number of benzene rings is 2. The summed E-state index contributed by atoms with van der Waals surface area (Å²) in [5.41, 5.74) is 1.73. The third-order valence-electron chi connectivity index (χ3n) is 2.87. The molecular weight excluding hydrogens is 311 g/mol. The molecule has 0 radical (unpaired) electrons. The lowest BCUT2D eigenvalue weighted by Crippen LogP contribution is -2.17. The Kier molecular flexibility index (Phi) is 5.23. The minimum Gasteiger partial charge on any atom is -0.406 e. The number of hydrogen-bond acceptors (Lipinski definition) is 3. The molecule has 0 aliphatic carbocycles. The van der Waals surface area contributed by atoms with E-state index >= 15 is 0 Å². The van der Waals surface area contributed by atoms with E-state index in [9.17, 15) is 18.0 Å². The van der Waals surface area contributed by atoms with Gasteiger partial charge in [0.2, 0.25) is 0 Å². The molecule has 122 valence electrons. The monoisotopic (exact) mass is 325 g/mol. The van der Waals surface area contributed by atoms with E-state index in [0.717, 1.165) is 17.7 Å². The highest BCUT2D eigenvalue weighted by molar-refractivity contribution is 6.04. The summed E-state index contributed by atoms with van der Waals surface area (Å²) in [4.78, 5) is 12.0. The van der Waals surface area contributed by atoms with Crippen molar-refractivity contribution in [2.75, 3.05) is 12.4 Å². The van der Waals surface area contributed by atoms with Crippen molar-refractivity contribution < 1.29 is 27.4 Å². The molecule has 23 heavy (non-hydrogen) atoms. The van der Waals surface area contributed by atoms with Gasteiger partial charge in [-0.15, -0.1) is 13.2 Å². The van der Waals surface area contributed by atoms with E-state index in [0.29, 0.717) is 17.9 Å². The molecule has 4 nitrogen and oxygen atoms in total. The van der Waals surface area contributed by atoms with Crippen LogP contribution in [-0.2, 0) is 11.3 Å². The van der Waals surface area contributed by atoms with Gasteiger partial charge in [-0.3, -0.25) is 4.79 Å². The van der Waals surface area contributed by atoms with Gasteiger partial charge >= 0.3 is 6.36 Å². The van der Waals surface area contributed by atoms with Crippen LogP contribution >= 0.6 is 0 Å². The number of anilines is 1. The number of rotatable bonds is 5. The topological polar surface area (TPSA) is 47.6 Å². The number of carbonyl (C=O) groups is 1. The minimum absolute atomic E-state index is 0.348. The van der Waals surface area contributed by atoms with Crippen LogP contribution in [0.25, 0.3) is 0 Å². The lowest BCUT2D eigenvalue weighted by molar-refractivity contribution is -0.274. The largest absolute Gasteiger partial charge is 0.573 e. The van der Waals surface area contributed by atoms with Crippen LogP contribution in [0.15, 0.2) is 48.5 Å². The number of alkyl halides is 3. The second-order valence-corrected chi connectivity index (χ2v) is 4.66. The zero-order valence-corrected chi connectivity index (χ0v) is 12.2. The van der Waals surface area contributed by atoms with Crippen LogP contribution in [0.5, 0.6) is 5.75 Å². The van der Waals surface area contributed by atoms with E-state index < -0.39 is 6.36 Å². The highest BCUT2D eigenvalue weighted by Gasteiger charge is 2.30. The summed E-state index contributed by atoms with van der Waals surface area (Å²) in [7, 11) is 1.58. The summed E-state index contributed by atoms with van der Waals surface area (Å²) in [6, 6.07) is 11.7. The SMILES string of the molecule is COCc1ccc(C(=O)Nc2ccc(OC(F)(F)F)cc2)cc1. The first kappa shape index (κ1) is 16.8. The standard InChI is InChI=1S/C16H14F3NO3/c1-22-10-11-2-4-12(5-3-11)15(21)20-13-6-8-14(9-7-13)23-16(17,18)19/h2-9H,10H2,1H3,(H,20,21). The van der Waals surface area contributed by atoms with Crippen LogP contribution < -0.4 is 10.1 Å². The number of carbonyl (C=O) groups excluding carboxylic acids is 1. The average molecular weight is 325 g/mol. The van der Waals surface area contributed by atoms with Crippen LogP contribution in [-0.4, -0.2) is 19.4 Å². The van der Waals surface area contributed by atoms with Gasteiger partial charge in [0.25, 0.3) is 5.91 Å². The number of methoxy groups -OCH3 is 1. The normalized spacial score (nSPS) is 11.1. The van der Waals surface area contributed by atoms with Gasteiger partial charge in [-0.05, 0) is 42.0 Å². The van der Waals surface area contributed by atoms with Gasteiger partial charge < -0.3 is 14.8 Å². The second kappa shape index (κ2) is 7.15. The molecule has 2 rings (SSSR count). The Morgan fingerprint density at radius 1 is 1.04 bits per heavy atom. The smallest absolute Gasteiger partial charge is 0.406 e. The molecule has 1 N–H and O–H groups in total. The lowest BCUT2D eigenvalue weighted by Gasteiger charge is -2.10. The van der Waals surface area contributed by atoms with Crippen molar-refractivity contribution in [3.05, 3.63) is 59.7 Å². The van der Waals surface area contributed by atoms with E-state index in [2.05, 4.69) is 10.1 Å². The number of hydrogen-bond donors (Lipinski definition) is 1. The lowest BCUT2D eigenvalue weighted by atomic mass is 10.1. The number of amides is 1. The number of halogens is 3. The van der Waals surface area contributed by atoms with Crippen molar-refractivity contribution in [1.29, 1.82) is 0 Å². The Hall–Kier alpha value is -2.54. The molecule has 0 aromatic heterocycles. The summed E-state index contributed by atoms with van der Waals surface area (Å²) < 4.78 is 44.9. The van der Waals surface area contributed by atoms with Gasteiger partial charge in [0.05, 0.1) is 6.61 Å². The molecule has 0 spiro atoms. The van der Waals surface area contributed by atoms with Gasteiger partial charge in [0, 0.05) is 18.4 Å². The van der Waals surface area contributed by atoms with Gasteiger partial charge in [-0.25, -0.2) is 0 Å². The zero-order valence-electron chi connectivity index (χ0n) is 12.2. The molecule has 0 bridgehead atoms. The highest BCUT2D eigenvalue weighted by atomic mass is 19.4. The maximum atomic E-state index is 12.1. The summed E-state index contributed by atoms with van der Waals surface area (Å²) >= 11 is 0. The van der Waals surface area contributed by atoms with Crippen LogP contribution in [0.3, 0.4) is 0 Å². The van der Waals surface area contributed by atoms with Gasteiger partial charge in [-0.1, -0.05) is 12.1 Å². The number of nitrogens with one attached hydrogen (secondary N) is 1. The Balaban J connectivity index is 1.99. The van der Waals surface area contributed by atoms with E-state index in [-0.39, 0.29) is 11.7 Å². The van der Waals surface area contributed by atoms with Crippen LogP contribution in [0.4, 0.5) is 18.9 Å². The molecule has 0 saturated carbocycles. The molecule has 0 aliphatic heterocycles. The van der Waals surface area contributed by atoms with Crippen LogP contribution in [0, 0.1) is 0 Å². The molecule has 0 saturated heterocycles. The van der Waals surface area contributed by atoms with Gasteiger partial charge in [0.1, 0.15) is 5.75 Å². The molecule has 0 fully saturated rings. The van der Waals surface area contributed by atoms with E-state index in [1.807, 2.05) is 0 Å². The first-order valence-electron chi connectivity index (χ1n) is 6.62. The molecule has 2 aromatic rings. The second-order valence-electron chi connectivity index (χ2n) is 4.66. The highest BCUT2D eigenvalue weighted by Crippen LogP contribution is 2.24. The fourth-order valence-electron chi connectivity index (χ4n) is 1.86.